The van der Waals surface area contributed by atoms with E-state index in [1.807, 2.05) is 11.5 Å². The van der Waals surface area contributed by atoms with Gasteiger partial charge in [0.1, 0.15) is 0 Å². The predicted octanol–water partition coefficient (Wildman–Crippen LogP) is 3.95. The Balaban J connectivity index is 2.07. The summed E-state index contributed by atoms with van der Waals surface area (Å²) in [6, 6.07) is 0. The van der Waals surface area contributed by atoms with Crippen molar-refractivity contribution in [2.24, 2.45) is 0 Å². The van der Waals surface area contributed by atoms with E-state index < -0.39 is 5.97 Å². The van der Waals surface area contributed by atoms with E-state index >= 15 is 0 Å². The lowest BCUT2D eigenvalue weighted by atomic mass is 10.1. The molecule has 1 N–H and O–H groups in total. The Labute approximate surface area is 107 Å². The molecular weight excluding hydrogens is 290 g/mol. The molecule has 0 aromatic carbocycles. The zero-order valence-corrected chi connectivity index (χ0v) is 11.3. The number of carboxylic acid groups (broad SMARTS) is 1. The van der Waals surface area contributed by atoms with Crippen molar-refractivity contribution in [3.8, 4) is 0 Å². The normalized spacial score (nSPS) is 11.1. The molecule has 0 saturated heterocycles. The van der Waals surface area contributed by atoms with Gasteiger partial charge in [0, 0.05) is 11.8 Å². The molecule has 5 heteroatoms. The summed E-state index contributed by atoms with van der Waals surface area (Å²) in [6.07, 6.45) is 8.12. The number of rotatable bonds is 7. The number of allylic oxidation sites excluding steroid dienone is 1. The molecule has 16 heavy (non-hydrogen) atoms. The lowest BCUT2D eigenvalue weighted by Crippen LogP contribution is -1.93. The number of carbonyl (C=O) groups is 1. The number of nitrogens with zero attached hydrogens (tertiary/aromatic N) is 1. The van der Waals surface area contributed by atoms with Crippen molar-refractivity contribution in [1.82, 2.24) is 4.98 Å². The first kappa shape index (κ1) is 13.4. The van der Waals surface area contributed by atoms with E-state index in [4.69, 9.17) is 5.11 Å². The van der Waals surface area contributed by atoms with E-state index in [0.29, 0.717) is 0 Å². The second kappa shape index (κ2) is 7.57. The van der Waals surface area contributed by atoms with Crippen LogP contribution in [-0.4, -0.2) is 16.1 Å². The van der Waals surface area contributed by atoms with Gasteiger partial charge in [-0.25, -0.2) is 4.98 Å². The van der Waals surface area contributed by atoms with Gasteiger partial charge in [-0.05, 0) is 41.3 Å². The van der Waals surface area contributed by atoms with Gasteiger partial charge in [-0.1, -0.05) is 12.5 Å². The van der Waals surface area contributed by atoms with Crippen LogP contribution in [0.4, 0.5) is 0 Å². The Hall–Kier alpha value is -0.680. The molecule has 0 atom stereocenters. The maximum Gasteiger partial charge on any atom is 0.303 e. The summed E-state index contributed by atoms with van der Waals surface area (Å²) in [5, 5.41) is 10.4. The second-order valence-corrected chi connectivity index (χ2v) is 5.55. The fraction of sp³-hybridized carbons (Fsp3) is 0.455. The molecule has 1 aromatic heterocycles. The number of hydrogen-bond acceptors (Lipinski definition) is 3. The predicted molar refractivity (Wildman–Crippen MR) is 69.6 cm³/mol. The number of hydrogen-bond donors (Lipinski definition) is 1. The molecule has 1 aromatic rings. The quantitative estimate of drug-likeness (QED) is 0.776. The van der Waals surface area contributed by atoms with E-state index in [2.05, 4.69) is 27.0 Å². The van der Waals surface area contributed by atoms with Crippen LogP contribution < -0.4 is 0 Å². The summed E-state index contributed by atoms with van der Waals surface area (Å²) >= 11 is 4.88. The van der Waals surface area contributed by atoms with E-state index in [1.54, 1.807) is 11.3 Å². The fourth-order valence-electron chi connectivity index (χ4n) is 1.26. The summed E-state index contributed by atoms with van der Waals surface area (Å²) in [6.45, 7) is 0. The van der Waals surface area contributed by atoms with Crippen molar-refractivity contribution in [2.75, 3.05) is 0 Å². The van der Waals surface area contributed by atoms with Crippen LogP contribution in [0, 0.1) is 0 Å². The summed E-state index contributed by atoms with van der Waals surface area (Å²) in [4.78, 5) is 14.5. The average Bonchev–Trinajstić information content (AvgIpc) is 2.62. The minimum atomic E-state index is -0.706. The fourth-order valence-corrected chi connectivity index (χ4v) is 2.25. The molecule has 1 rings (SSSR count). The Morgan fingerprint density at radius 3 is 2.94 bits per heavy atom. The van der Waals surface area contributed by atoms with Gasteiger partial charge in [0.15, 0.2) is 3.92 Å². The molecule has 0 aliphatic heterocycles. The molecule has 0 aliphatic carbocycles. The molecule has 0 saturated carbocycles. The van der Waals surface area contributed by atoms with Gasteiger partial charge in [-0.3, -0.25) is 4.79 Å². The minimum Gasteiger partial charge on any atom is -0.481 e. The topological polar surface area (TPSA) is 50.2 Å². The smallest absolute Gasteiger partial charge is 0.303 e. The average molecular weight is 304 g/mol. The lowest BCUT2D eigenvalue weighted by Gasteiger charge is -1.94. The zero-order chi connectivity index (χ0) is 11.8. The van der Waals surface area contributed by atoms with Crippen LogP contribution in [0.2, 0.25) is 0 Å². The van der Waals surface area contributed by atoms with Gasteiger partial charge in [-0.15, -0.1) is 11.3 Å². The van der Waals surface area contributed by atoms with Crippen LogP contribution in [-0.2, 0) is 4.79 Å². The van der Waals surface area contributed by atoms with Gasteiger partial charge in [0.25, 0.3) is 0 Å². The standard InChI is InChI=1S/C11H14BrNO2S/c12-11-13-9(8-16-11)6-4-2-1-3-5-7-10(14)15/h4,6,8H,1-3,5,7H2,(H,14,15)/b6-4-. The summed E-state index contributed by atoms with van der Waals surface area (Å²) in [5.74, 6) is -0.706. The molecule has 88 valence electrons. The number of aromatic nitrogens is 1. The van der Waals surface area contributed by atoms with Crippen LogP contribution in [0.15, 0.2) is 15.4 Å². The van der Waals surface area contributed by atoms with Crippen LogP contribution >= 0.6 is 27.3 Å². The van der Waals surface area contributed by atoms with Gasteiger partial charge >= 0.3 is 5.97 Å². The van der Waals surface area contributed by atoms with E-state index in [-0.39, 0.29) is 6.42 Å². The van der Waals surface area contributed by atoms with Crippen LogP contribution in [0.5, 0.6) is 0 Å². The molecular formula is C11H14BrNO2S. The number of aliphatic carboxylic acids is 1. The van der Waals surface area contributed by atoms with Crippen LogP contribution in [0.3, 0.4) is 0 Å². The van der Waals surface area contributed by atoms with Crippen LogP contribution in [0.25, 0.3) is 6.08 Å². The van der Waals surface area contributed by atoms with Crippen molar-refractivity contribution in [3.05, 3.63) is 21.1 Å². The molecule has 1 heterocycles. The molecule has 0 aliphatic rings. The first-order valence-corrected chi connectivity index (χ1v) is 6.85. The number of halogens is 1. The van der Waals surface area contributed by atoms with Crippen LogP contribution in [0.1, 0.15) is 37.8 Å². The van der Waals surface area contributed by atoms with Gasteiger partial charge in [-0.2, -0.15) is 0 Å². The maximum absolute atomic E-state index is 10.2. The Morgan fingerprint density at radius 2 is 2.31 bits per heavy atom. The summed E-state index contributed by atoms with van der Waals surface area (Å²) < 4.78 is 0.897. The number of unbranched alkanes of at least 4 members (excludes halogenated alkanes) is 3. The monoisotopic (exact) mass is 303 g/mol. The highest BCUT2D eigenvalue weighted by molar-refractivity contribution is 9.11. The third kappa shape index (κ3) is 6.02. The molecule has 0 amide bonds. The highest BCUT2D eigenvalue weighted by atomic mass is 79.9. The second-order valence-electron chi connectivity index (χ2n) is 3.42. The number of carboxylic acids is 1. The molecule has 0 unspecified atom stereocenters. The first-order chi connectivity index (χ1) is 7.68. The van der Waals surface area contributed by atoms with E-state index in [0.717, 1.165) is 35.3 Å². The highest BCUT2D eigenvalue weighted by Crippen LogP contribution is 2.17. The van der Waals surface area contributed by atoms with Crippen molar-refractivity contribution in [1.29, 1.82) is 0 Å². The molecule has 0 fully saturated rings. The third-order valence-corrected chi connectivity index (χ3v) is 3.43. The molecule has 0 spiro atoms. The van der Waals surface area contributed by atoms with Crippen molar-refractivity contribution in [3.63, 3.8) is 0 Å². The van der Waals surface area contributed by atoms with Gasteiger partial charge in [0.05, 0.1) is 5.69 Å². The molecule has 3 nitrogen and oxygen atoms in total. The summed E-state index contributed by atoms with van der Waals surface area (Å²) in [7, 11) is 0. The lowest BCUT2D eigenvalue weighted by molar-refractivity contribution is -0.137. The Bertz CT molecular complexity index is 363. The van der Waals surface area contributed by atoms with E-state index in [1.165, 1.54) is 0 Å². The van der Waals surface area contributed by atoms with Gasteiger partial charge in [0.2, 0.25) is 0 Å². The SMILES string of the molecule is O=C(O)CCCCC/C=C\c1csc(Br)n1. The first-order valence-electron chi connectivity index (χ1n) is 5.18. The Morgan fingerprint density at radius 1 is 1.50 bits per heavy atom. The highest BCUT2D eigenvalue weighted by Gasteiger charge is 1.96. The van der Waals surface area contributed by atoms with E-state index in [9.17, 15) is 4.79 Å². The zero-order valence-electron chi connectivity index (χ0n) is 8.86. The largest absolute Gasteiger partial charge is 0.481 e. The minimum absolute atomic E-state index is 0.281. The third-order valence-electron chi connectivity index (χ3n) is 2.04. The number of thiazole rings is 1. The molecule has 0 radical (unpaired) electrons. The van der Waals surface area contributed by atoms with Crippen molar-refractivity contribution in [2.45, 2.75) is 32.1 Å². The van der Waals surface area contributed by atoms with Crippen molar-refractivity contribution < 1.29 is 9.90 Å². The summed E-state index contributed by atoms with van der Waals surface area (Å²) in [5.41, 5.74) is 0.974. The maximum atomic E-state index is 10.2. The Kier molecular flexibility index (Phi) is 6.33. The molecule has 0 bridgehead atoms. The van der Waals surface area contributed by atoms with Crippen molar-refractivity contribution >= 4 is 39.3 Å². The van der Waals surface area contributed by atoms with Gasteiger partial charge < -0.3 is 5.11 Å².